The Morgan fingerprint density at radius 3 is 2.54 bits per heavy atom. The lowest BCUT2D eigenvalue weighted by Crippen LogP contribution is -2.32. The molecular weight excluding hydrogens is 350 g/mol. The van der Waals surface area contributed by atoms with Crippen molar-refractivity contribution in [1.29, 1.82) is 0 Å². The molecule has 8 heteroatoms. The van der Waals surface area contributed by atoms with Gasteiger partial charge >= 0.3 is 0 Å². The zero-order valence-electron chi connectivity index (χ0n) is 15.3. The van der Waals surface area contributed by atoms with E-state index in [1.807, 2.05) is 26.8 Å². The molecule has 0 saturated carbocycles. The number of hydrogen-bond donors (Lipinski definition) is 0. The van der Waals surface area contributed by atoms with Gasteiger partial charge in [0.05, 0.1) is 11.4 Å². The second kappa shape index (κ2) is 7.51. The fourth-order valence-electron chi connectivity index (χ4n) is 2.79. The van der Waals surface area contributed by atoms with Crippen LogP contribution in [0.15, 0.2) is 41.3 Å². The number of benzene rings is 1. The molecular formula is C18H23N5O2S. The van der Waals surface area contributed by atoms with Crippen LogP contribution in [-0.2, 0) is 16.6 Å². The number of aryl methyl sites for hydroxylation is 2. The Kier molecular flexibility index (Phi) is 5.33. The summed E-state index contributed by atoms with van der Waals surface area (Å²) in [4.78, 5) is 9.07. The van der Waals surface area contributed by atoms with Crippen LogP contribution in [-0.4, -0.2) is 38.8 Å². The molecule has 0 N–H and O–H groups in total. The van der Waals surface area contributed by atoms with Crippen molar-refractivity contribution in [3.63, 3.8) is 0 Å². The van der Waals surface area contributed by atoms with Crippen molar-refractivity contribution in [2.45, 2.75) is 45.1 Å². The highest BCUT2D eigenvalue weighted by Crippen LogP contribution is 2.18. The highest BCUT2D eigenvalue weighted by Gasteiger charge is 2.25. The van der Waals surface area contributed by atoms with Crippen LogP contribution in [0.5, 0.6) is 0 Å². The normalized spacial score (nSPS) is 12.2. The lowest BCUT2D eigenvalue weighted by Gasteiger charge is -2.20. The molecule has 0 bridgehead atoms. The Hall–Kier alpha value is -2.32. The SMILES string of the molecule is CCCCN(Cc1nc2nc(C)cc(C)n2n1)S(=O)(=O)c1ccccc1. The van der Waals surface area contributed by atoms with Gasteiger partial charge in [-0.25, -0.2) is 17.9 Å². The van der Waals surface area contributed by atoms with Crippen molar-refractivity contribution < 1.29 is 8.42 Å². The van der Waals surface area contributed by atoms with Crippen LogP contribution >= 0.6 is 0 Å². The predicted molar refractivity (Wildman–Crippen MR) is 99.2 cm³/mol. The van der Waals surface area contributed by atoms with E-state index in [0.29, 0.717) is 18.1 Å². The summed E-state index contributed by atoms with van der Waals surface area (Å²) in [5.41, 5.74) is 1.77. The Labute approximate surface area is 153 Å². The van der Waals surface area contributed by atoms with Crippen LogP contribution in [0.4, 0.5) is 0 Å². The molecule has 0 saturated heterocycles. The summed E-state index contributed by atoms with van der Waals surface area (Å²) in [6, 6.07) is 10.4. The topological polar surface area (TPSA) is 80.5 Å². The molecule has 0 aliphatic heterocycles. The molecule has 0 atom stereocenters. The lowest BCUT2D eigenvalue weighted by atomic mass is 10.3. The van der Waals surface area contributed by atoms with E-state index in [1.165, 1.54) is 4.31 Å². The molecule has 2 aromatic heterocycles. The smallest absolute Gasteiger partial charge is 0.216 e. The van der Waals surface area contributed by atoms with Crippen molar-refractivity contribution in [2.24, 2.45) is 0 Å². The van der Waals surface area contributed by atoms with Crippen LogP contribution in [0, 0.1) is 13.8 Å². The quantitative estimate of drug-likeness (QED) is 0.636. The largest absolute Gasteiger partial charge is 0.252 e. The molecule has 0 aliphatic carbocycles. The molecule has 0 unspecified atom stereocenters. The average Bonchev–Trinajstić information content (AvgIpc) is 3.02. The number of nitrogens with zero attached hydrogens (tertiary/aromatic N) is 5. The minimum Gasteiger partial charge on any atom is -0.216 e. The van der Waals surface area contributed by atoms with E-state index in [2.05, 4.69) is 15.1 Å². The molecule has 7 nitrogen and oxygen atoms in total. The summed E-state index contributed by atoms with van der Waals surface area (Å²) < 4.78 is 29.1. The number of aromatic nitrogens is 4. The maximum absolute atomic E-state index is 13.0. The van der Waals surface area contributed by atoms with Crippen molar-refractivity contribution in [1.82, 2.24) is 23.9 Å². The average molecular weight is 373 g/mol. The van der Waals surface area contributed by atoms with E-state index in [9.17, 15) is 8.42 Å². The Balaban J connectivity index is 1.95. The standard InChI is InChI=1S/C18H23N5O2S/c1-4-5-11-22(26(24,25)16-9-7-6-8-10-16)13-17-20-18-19-14(2)12-15(3)23(18)21-17/h6-10,12H,4-5,11,13H2,1-3H3. The first-order valence-electron chi connectivity index (χ1n) is 8.67. The van der Waals surface area contributed by atoms with Gasteiger partial charge in [-0.15, -0.1) is 5.10 Å². The molecule has 0 radical (unpaired) electrons. The Morgan fingerprint density at radius 2 is 1.85 bits per heavy atom. The molecule has 138 valence electrons. The van der Waals surface area contributed by atoms with Gasteiger partial charge in [0, 0.05) is 17.9 Å². The van der Waals surface area contributed by atoms with Crippen LogP contribution in [0.2, 0.25) is 0 Å². The van der Waals surface area contributed by atoms with Gasteiger partial charge in [0.25, 0.3) is 5.78 Å². The molecule has 0 spiro atoms. The molecule has 2 heterocycles. The highest BCUT2D eigenvalue weighted by atomic mass is 32.2. The second-order valence-electron chi connectivity index (χ2n) is 6.28. The van der Waals surface area contributed by atoms with E-state index in [0.717, 1.165) is 24.2 Å². The van der Waals surface area contributed by atoms with Crippen molar-refractivity contribution in [3.8, 4) is 0 Å². The fraction of sp³-hybridized carbons (Fsp3) is 0.389. The Morgan fingerprint density at radius 1 is 1.12 bits per heavy atom. The molecule has 0 amide bonds. The van der Waals surface area contributed by atoms with Crippen LogP contribution < -0.4 is 0 Å². The van der Waals surface area contributed by atoms with Gasteiger partial charge < -0.3 is 0 Å². The summed E-state index contributed by atoms with van der Waals surface area (Å²) in [6.07, 6.45) is 1.68. The number of rotatable bonds is 7. The molecule has 26 heavy (non-hydrogen) atoms. The van der Waals surface area contributed by atoms with E-state index >= 15 is 0 Å². The Bertz CT molecular complexity index is 999. The molecule has 1 aromatic carbocycles. The first kappa shape index (κ1) is 18.5. The predicted octanol–water partition coefficient (Wildman–Crippen LogP) is 2.73. The summed E-state index contributed by atoms with van der Waals surface area (Å²) in [5.74, 6) is 0.937. The third-order valence-corrected chi connectivity index (χ3v) is 5.98. The zero-order valence-corrected chi connectivity index (χ0v) is 16.1. The van der Waals surface area contributed by atoms with E-state index in [-0.39, 0.29) is 11.4 Å². The van der Waals surface area contributed by atoms with Crippen molar-refractivity contribution >= 4 is 15.8 Å². The minimum atomic E-state index is -3.60. The first-order chi connectivity index (χ1) is 12.4. The molecule has 3 rings (SSSR count). The van der Waals surface area contributed by atoms with Gasteiger partial charge in [-0.3, -0.25) is 0 Å². The second-order valence-corrected chi connectivity index (χ2v) is 8.22. The van der Waals surface area contributed by atoms with Gasteiger partial charge in [-0.05, 0) is 38.5 Å². The van der Waals surface area contributed by atoms with Gasteiger partial charge in [0.15, 0.2) is 5.82 Å². The van der Waals surface area contributed by atoms with Crippen LogP contribution in [0.3, 0.4) is 0 Å². The summed E-state index contributed by atoms with van der Waals surface area (Å²) in [7, 11) is -3.60. The number of unbranched alkanes of at least 4 members (excludes halogenated alkanes) is 1. The lowest BCUT2D eigenvalue weighted by molar-refractivity contribution is 0.389. The molecule has 3 aromatic rings. The van der Waals surface area contributed by atoms with E-state index < -0.39 is 10.0 Å². The van der Waals surface area contributed by atoms with Gasteiger partial charge in [-0.2, -0.15) is 9.29 Å². The summed E-state index contributed by atoms with van der Waals surface area (Å²) >= 11 is 0. The third-order valence-electron chi connectivity index (χ3n) is 4.12. The van der Waals surface area contributed by atoms with Gasteiger partial charge in [0.1, 0.15) is 0 Å². The van der Waals surface area contributed by atoms with E-state index in [1.54, 1.807) is 34.8 Å². The zero-order chi connectivity index (χ0) is 18.7. The van der Waals surface area contributed by atoms with Crippen molar-refractivity contribution in [3.05, 3.63) is 53.6 Å². The molecule has 0 aliphatic rings. The maximum Gasteiger partial charge on any atom is 0.252 e. The third kappa shape index (κ3) is 3.76. The van der Waals surface area contributed by atoms with Crippen molar-refractivity contribution in [2.75, 3.05) is 6.54 Å². The maximum atomic E-state index is 13.0. The number of hydrogen-bond acceptors (Lipinski definition) is 5. The van der Waals surface area contributed by atoms with E-state index in [4.69, 9.17) is 0 Å². The highest BCUT2D eigenvalue weighted by molar-refractivity contribution is 7.89. The fourth-order valence-corrected chi connectivity index (χ4v) is 4.25. The van der Waals surface area contributed by atoms with Crippen LogP contribution in [0.1, 0.15) is 37.0 Å². The monoisotopic (exact) mass is 373 g/mol. The van der Waals surface area contributed by atoms with Crippen LogP contribution in [0.25, 0.3) is 5.78 Å². The number of fused-ring (bicyclic) bond motifs is 1. The first-order valence-corrected chi connectivity index (χ1v) is 10.1. The van der Waals surface area contributed by atoms with Gasteiger partial charge in [-0.1, -0.05) is 31.5 Å². The number of sulfonamides is 1. The van der Waals surface area contributed by atoms with Gasteiger partial charge in [0.2, 0.25) is 10.0 Å². The summed E-state index contributed by atoms with van der Waals surface area (Å²) in [6.45, 7) is 6.41. The molecule has 0 fully saturated rings. The summed E-state index contributed by atoms with van der Waals surface area (Å²) in [5, 5.41) is 4.45. The minimum absolute atomic E-state index is 0.124.